The number of Topliss-reactive ketones (excluding diaryl/α,β-unsaturated/α-hetero) is 1. The van der Waals surface area contributed by atoms with Gasteiger partial charge in [0.2, 0.25) is 0 Å². The van der Waals surface area contributed by atoms with Gasteiger partial charge in [-0.1, -0.05) is 136 Å². The highest BCUT2D eigenvalue weighted by Gasteiger charge is 2.44. The van der Waals surface area contributed by atoms with Gasteiger partial charge in [0.05, 0.1) is 6.61 Å². The van der Waals surface area contributed by atoms with E-state index in [0.29, 0.717) is 19.6 Å². The second-order valence-electron chi connectivity index (χ2n) is 12.0. The minimum atomic E-state index is -0.813. The number of morpholine rings is 1. The largest absolute Gasteiger partial charge is 0.372 e. The number of ether oxygens (including phenoxy) is 2. The number of rotatable bonds is 26. The molecule has 0 bridgehead atoms. The maximum Gasteiger partial charge on any atom is 0.167 e. The molecule has 1 rings (SSSR count). The average Bonchev–Trinajstić information content (AvgIpc) is 2.90. The third-order valence-electron chi connectivity index (χ3n) is 8.34. The van der Waals surface area contributed by atoms with Crippen LogP contribution in [0.5, 0.6) is 0 Å². The number of ketones is 1. The minimum Gasteiger partial charge on any atom is -0.372 e. The van der Waals surface area contributed by atoms with Gasteiger partial charge in [-0.2, -0.15) is 0 Å². The van der Waals surface area contributed by atoms with Gasteiger partial charge in [-0.25, -0.2) is 0 Å². The Morgan fingerprint density at radius 3 is 1.62 bits per heavy atom. The molecule has 220 valence electrons. The van der Waals surface area contributed by atoms with Crippen molar-refractivity contribution in [2.45, 2.75) is 174 Å². The summed E-state index contributed by atoms with van der Waals surface area (Å²) in [6, 6.07) is 0. The summed E-state index contributed by atoms with van der Waals surface area (Å²) in [5.41, 5.74) is -0.813. The van der Waals surface area contributed by atoms with Gasteiger partial charge in [-0.3, -0.25) is 4.79 Å². The lowest BCUT2D eigenvalue weighted by atomic mass is 9.88. The number of carbonyl (C=O) groups excluding carboxylic acids is 1. The molecule has 1 aliphatic heterocycles. The Labute approximate surface area is 232 Å². The predicted molar refractivity (Wildman–Crippen MR) is 160 cm³/mol. The first-order valence-corrected chi connectivity index (χ1v) is 16.5. The van der Waals surface area contributed by atoms with Crippen LogP contribution in [0.15, 0.2) is 0 Å². The fourth-order valence-corrected chi connectivity index (χ4v) is 5.54. The van der Waals surface area contributed by atoms with Gasteiger partial charge < -0.3 is 14.4 Å². The fourth-order valence-electron chi connectivity index (χ4n) is 5.54. The lowest BCUT2D eigenvalue weighted by molar-refractivity contribution is -0.177. The van der Waals surface area contributed by atoms with Gasteiger partial charge in [0.15, 0.2) is 11.4 Å². The molecule has 0 N–H and O–H groups in total. The van der Waals surface area contributed by atoms with Crippen molar-refractivity contribution in [1.29, 1.82) is 0 Å². The monoisotopic (exact) mass is 523 g/mol. The highest BCUT2D eigenvalue weighted by atomic mass is 16.6. The van der Waals surface area contributed by atoms with Crippen molar-refractivity contribution in [3.63, 3.8) is 0 Å². The molecule has 0 aromatic rings. The molecule has 0 amide bonds. The number of hydrogen-bond donors (Lipinski definition) is 0. The molecule has 1 aliphatic rings. The zero-order valence-corrected chi connectivity index (χ0v) is 25.6. The molecule has 0 spiro atoms. The summed E-state index contributed by atoms with van der Waals surface area (Å²) in [6.07, 6.45) is 27.9. The van der Waals surface area contributed by atoms with Crippen LogP contribution in [0.3, 0.4) is 0 Å². The van der Waals surface area contributed by atoms with Crippen molar-refractivity contribution in [3.05, 3.63) is 0 Å². The molecule has 0 radical (unpaired) electrons. The van der Waals surface area contributed by atoms with E-state index in [1.807, 2.05) is 6.92 Å². The molecule has 0 aliphatic carbocycles. The van der Waals surface area contributed by atoms with E-state index in [9.17, 15) is 4.79 Å². The van der Waals surface area contributed by atoms with Crippen LogP contribution < -0.4 is 0 Å². The third kappa shape index (κ3) is 17.0. The van der Waals surface area contributed by atoms with E-state index in [1.165, 1.54) is 116 Å². The van der Waals surface area contributed by atoms with Gasteiger partial charge in [0, 0.05) is 26.1 Å². The van der Waals surface area contributed by atoms with Crippen LogP contribution >= 0.6 is 0 Å². The quantitative estimate of drug-likeness (QED) is 0.106. The lowest BCUT2D eigenvalue weighted by Crippen LogP contribution is -2.57. The Morgan fingerprint density at radius 1 is 0.730 bits per heavy atom. The second kappa shape index (κ2) is 23.4. The summed E-state index contributed by atoms with van der Waals surface area (Å²) in [5.74, 6) is 0.245. The molecule has 1 heterocycles. The van der Waals surface area contributed by atoms with Gasteiger partial charge in [0.1, 0.15) is 6.10 Å². The standard InChI is InChI=1S/C33H65NO3/c1-5-7-9-11-13-15-16-17-19-21-23-25-28-37-33(3,32-30-34(4)27-29-36-32)31(35)26-24-22-20-18-14-12-10-8-6-2/h32H,5-30H2,1-4H3. The summed E-state index contributed by atoms with van der Waals surface area (Å²) in [4.78, 5) is 15.7. The van der Waals surface area contributed by atoms with E-state index in [1.54, 1.807) is 0 Å². The molecule has 1 saturated heterocycles. The summed E-state index contributed by atoms with van der Waals surface area (Å²) in [7, 11) is 2.12. The summed E-state index contributed by atoms with van der Waals surface area (Å²) < 4.78 is 12.5. The summed E-state index contributed by atoms with van der Waals surface area (Å²) in [5, 5.41) is 0. The van der Waals surface area contributed by atoms with Crippen molar-refractivity contribution in [2.24, 2.45) is 0 Å². The number of carbonyl (C=O) groups is 1. The molecule has 1 fully saturated rings. The number of nitrogens with zero attached hydrogens (tertiary/aromatic N) is 1. The molecule has 2 atom stereocenters. The Morgan fingerprint density at radius 2 is 1.16 bits per heavy atom. The van der Waals surface area contributed by atoms with Crippen LogP contribution in [-0.2, 0) is 14.3 Å². The van der Waals surface area contributed by atoms with Crippen LogP contribution in [-0.4, -0.2) is 55.7 Å². The average molecular weight is 524 g/mol. The number of hydrogen-bond acceptors (Lipinski definition) is 4. The lowest BCUT2D eigenvalue weighted by Gasteiger charge is -2.41. The Kier molecular flexibility index (Phi) is 21.9. The van der Waals surface area contributed by atoms with Crippen molar-refractivity contribution in [1.82, 2.24) is 4.90 Å². The first kappa shape index (κ1) is 34.6. The maximum absolute atomic E-state index is 13.4. The van der Waals surface area contributed by atoms with Crippen molar-refractivity contribution >= 4 is 5.78 Å². The van der Waals surface area contributed by atoms with Crippen LogP contribution in [0.4, 0.5) is 0 Å². The van der Waals surface area contributed by atoms with E-state index in [-0.39, 0.29) is 11.9 Å². The van der Waals surface area contributed by atoms with Gasteiger partial charge >= 0.3 is 0 Å². The highest BCUT2D eigenvalue weighted by molar-refractivity contribution is 5.87. The molecule has 0 saturated carbocycles. The van der Waals surface area contributed by atoms with Crippen LogP contribution in [0.2, 0.25) is 0 Å². The minimum absolute atomic E-state index is 0.158. The van der Waals surface area contributed by atoms with Crippen molar-refractivity contribution in [2.75, 3.05) is 33.4 Å². The number of unbranched alkanes of at least 4 members (excludes halogenated alkanes) is 19. The zero-order chi connectivity index (χ0) is 27.0. The van der Waals surface area contributed by atoms with E-state index in [2.05, 4.69) is 25.8 Å². The van der Waals surface area contributed by atoms with Gasteiger partial charge in [0.25, 0.3) is 0 Å². The smallest absolute Gasteiger partial charge is 0.167 e. The molecule has 4 heteroatoms. The summed E-state index contributed by atoms with van der Waals surface area (Å²) in [6.45, 7) is 9.61. The number of likely N-dealkylation sites (N-methyl/N-ethyl adjacent to an activating group) is 1. The van der Waals surface area contributed by atoms with E-state index in [0.717, 1.165) is 32.4 Å². The van der Waals surface area contributed by atoms with Crippen LogP contribution in [0.1, 0.15) is 162 Å². The topological polar surface area (TPSA) is 38.8 Å². The Bertz CT molecular complexity index is 526. The van der Waals surface area contributed by atoms with Crippen LogP contribution in [0, 0.1) is 0 Å². The second-order valence-corrected chi connectivity index (χ2v) is 12.0. The first-order chi connectivity index (χ1) is 18.0. The van der Waals surface area contributed by atoms with E-state index < -0.39 is 5.60 Å². The molecule has 2 unspecified atom stereocenters. The Hall–Kier alpha value is -0.450. The normalized spacial score (nSPS) is 18.2. The SMILES string of the molecule is CCCCCCCCCCCCCCOC(C)(C(=O)CCCCCCCCCCC)C1CN(C)CCO1. The zero-order valence-electron chi connectivity index (χ0n) is 25.6. The van der Waals surface area contributed by atoms with Crippen molar-refractivity contribution < 1.29 is 14.3 Å². The van der Waals surface area contributed by atoms with Crippen molar-refractivity contribution in [3.8, 4) is 0 Å². The predicted octanol–water partition coefficient (Wildman–Crippen LogP) is 9.28. The molecule has 0 aromatic heterocycles. The van der Waals surface area contributed by atoms with E-state index >= 15 is 0 Å². The van der Waals surface area contributed by atoms with Gasteiger partial charge in [-0.05, 0) is 26.8 Å². The Balaban J connectivity index is 2.26. The van der Waals surface area contributed by atoms with Gasteiger partial charge in [-0.15, -0.1) is 0 Å². The van der Waals surface area contributed by atoms with E-state index in [4.69, 9.17) is 9.47 Å². The molecular weight excluding hydrogens is 458 g/mol. The maximum atomic E-state index is 13.4. The van der Waals surface area contributed by atoms with Crippen LogP contribution in [0.25, 0.3) is 0 Å². The third-order valence-corrected chi connectivity index (χ3v) is 8.34. The molecule has 0 aromatic carbocycles. The summed E-state index contributed by atoms with van der Waals surface area (Å²) >= 11 is 0. The fraction of sp³-hybridized carbons (Fsp3) is 0.970. The molecular formula is C33H65NO3. The molecule has 4 nitrogen and oxygen atoms in total. The first-order valence-electron chi connectivity index (χ1n) is 16.5. The highest BCUT2D eigenvalue weighted by Crippen LogP contribution is 2.27. The molecule has 37 heavy (non-hydrogen) atoms.